The second-order valence-electron chi connectivity index (χ2n) is 13.2. The molecule has 0 spiro atoms. The number of pyridine rings is 1. The predicted molar refractivity (Wildman–Crippen MR) is 195 cm³/mol. The van der Waals surface area contributed by atoms with Gasteiger partial charge in [0.05, 0.1) is 16.6 Å². The van der Waals surface area contributed by atoms with E-state index in [-0.39, 0.29) is 16.9 Å². The van der Waals surface area contributed by atoms with Gasteiger partial charge >= 0.3 is 5.97 Å². The number of halogens is 1. The first-order chi connectivity index (χ1) is 23.7. The summed E-state index contributed by atoms with van der Waals surface area (Å²) in [6.45, 7) is 4.65. The van der Waals surface area contributed by atoms with Crippen LogP contribution in [0, 0.1) is 5.82 Å². The highest BCUT2D eigenvalue weighted by atomic mass is 19.1. The topological polar surface area (TPSA) is 79.3 Å². The van der Waals surface area contributed by atoms with Gasteiger partial charge in [-0.2, -0.15) is 0 Å². The molecule has 0 fully saturated rings. The predicted octanol–water partition coefficient (Wildman–Crippen LogP) is 10.3. The van der Waals surface area contributed by atoms with Crippen molar-refractivity contribution in [2.75, 3.05) is 5.32 Å². The SMILES string of the molecule is CC1(C)CC(c2ccccc2NC(=O)c2ccccc2F)Cc2ccc3c(ccc4ccccc43)c21.O=C(O)c1ccc2ncccc2c1. The average Bonchev–Trinajstić information content (AvgIpc) is 3.11. The van der Waals surface area contributed by atoms with Crippen LogP contribution in [-0.2, 0) is 11.8 Å². The van der Waals surface area contributed by atoms with Crippen LogP contribution >= 0.6 is 0 Å². The Hall–Kier alpha value is -5.88. The van der Waals surface area contributed by atoms with E-state index in [9.17, 15) is 14.0 Å². The Bertz CT molecular complexity index is 2380. The lowest BCUT2D eigenvalue weighted by Gasteiger charge is -2.39. The van der Waals surface area contributed by atoms with Crippen molar-refractivity contribution in [1.82, 2.24) is 4.98 Å². The molecule has 7 aromatic rings. The van der Waals surface area contributed by atoms with E-state index in [1.54, 1.807) is 42.6 Å². The number of amides is 1. The van der Waals surface area contributed by atoms with E-state index in [4.69, 9.17) is 5.11 Å². The zero-order valence-electron chi connectivity index (χ0n) is 27.3. The molecule has 1 unspecified atom stereocenters. The molecule has 1 aromatic heterocycles. The maximum Gasteiger partial charge on any atom is 0.335 e. The molecule has 49 heavy (non-hydrogen) atoms. The molecule has 1 amide bonds. The third-order valence-corrected chi connectivity index (χ3v) is 9.53. The largest absolute Gasteiger partial charge is 0.478 e. The van der Waals surface area contributed by atoms with E-state index in [2.05, 4.69) is 78.7 Å². The Labute approximate surface area is 284 Å². The maximum atomic E-state index is 14.2. The van der Waals surface area contributed by atoms with Gasteiger partial charge < -0.3 is 10.4 Å². The third-order valence-electron chi connectivity index (χ3n) is 9.53. The number of carbonyl (C=O) groups is 2. The van der Waals surface area contributed by atoms with Crippen LogP contribution in [0.3, 0.4) is 0 Å². The number of anilines is 1. The number of aromatic carboxylic acids is 1. The second kappa shape index (κ2) is 13.0. The normalized spacial score (nSPS) is 14.9. The Kier molecular flexibility index (Phi) is 8.39. The quantitative estimate of drug-likeness (QED) is 0.187. The minimum Gasteiger partial charge on any atom is -0.478 e. The monoisotopic (exact) mass is 646 g/mol. The first-order valence-corrected chi connectivity index (χ1v) is 16.4. The molecule has 8 rings (SSSR count). The number of fused-ring (bicyclic) bond motifs is 6. The summed E-state index contributed by atoms with van der Waals surface area (Å²) < 4.78 is 14.2. The van der Waals surface area contributed by atoms with Gasteiger partial charge in [0.25, 0.3) is 5.91 Å². The number of rotatable bonds is 4. The van der Waals surface area contributed by atoms with Crippen molar-refractivity contribution >= 4 is 50.0 Å². The Balaban J connectivity index is 0.000000244. The highest BCUT2D eigenvalue weighted by Crippen LogP contribution is 2.48. The fourth-order valence-corrected chi connectivity index (χ4v) is 7.39. The van der Waals surface area contributed by atoms with Gasteiger partial charge in [-0.15, -0.1) is 0 Å². The number of hydrogen-bond acceptors (Lipinski definition) is 3. The summed E-state index contributed by atoms with van der Waals surface area (Å²) >= 11 is 0. The summed E-state index contributed by atoms with van der Waals surface area (Å²) in [6, 6.07) is 40.2. The number of carboxylic acids is 1. The Morgan fingerprint density at radius 1 is 0.776 bits per heavy atom. The molecule has 0 aliphatic heterocycles. The minimum atomic E-state index is -0.911. The van der Waals surface area contributed by atoms with Crippen LogP contribution < -0.4 is 5.32 Å². The zero-order valence-corrected chi connectivity index (χ0v) is 27.3. The van der Waals surface area contributed by atoms with Crippen LogP contribution in [0.2, 0.25) is 0 Å². The van der Waals surface area contributed by atoms with Crippen LogP contribution in [0.15, 0.2) is 134 Å². The molecule has 6 heteroatoms. The molecule has 5 nitrogen and oxygen atoms in total. The summed E-state index contributed by atoms with van der Waals surface area (Å²) in [7, 11) is 0. The summed E-state index contributed by atoms with van der Waals surface area (Å²) in [6.07, 6.45) is 3.54. The molecule has 2 N–H and O–H groups in total. The molecule has 1 heterocycles. The van der Waals surface area contributed by atoms with Crippen molar-refractivity contribution in [3.8, 4) is 0 Å². The highest BCUT2D eigenvalue weighted by Gasteiger charge is 2.36. The van der Waals surface area contributed by atoms with E-state index in [1.807, 2.05) is 24.3 Å². The van der Waals surface area contributed by atoms with Crippen molar-refractivity contribution in [3.63, 3.8) is 0 Å². The van der Waals surface area contributed by atoms with Gasteiger partial charge in [0, 0.05) is 17.3 Å². The minimum absolute atomic E-state index is 0.0527. The van der Waals surface area contributed by atoms with Crippen LogP contribution in [-0.4, -0.2) is 22.0 Å². The molecular formula is C43H35FN2O3. The Morgan fingerprint density at radius 3 is 2.35 bits per heavy atom. The van der Waals surface area contributed by atoms with Crippen molar-refractivity contribution < 1.29 is 19.1 Å². The fourth-order valence-electron chi connectivity index (χ4n) is 7.39. The third kappa shape index (κ3) is 6.25. The first-order valence-electron chi connectivity index (χ1n) is 16.4. The Morgan fingerprint density at radius 2 is 1.51 bits per heavy atom. The second-order valence-corrected chi connectivity index (χ2v) is 13.2. The lowest BCUT2D eigenvalue weighted by molar-refractivity contribution is 0.0696. The smallest absolute Gasteiger partial charge is 0.335 e. The number of nitrogens with zero attached hydrogens (tertiary/aromatic N) is 1. The molecule has 242 valence electrons. The van der Waals surface area contributed by atoms with Crippen molar-refractivity contribution in [3.05, 3.63) is 167 Å². The fraction of sp³-hybridized carbons (Fsp3) is 0.140. The number of para-hydroxylation sites is 1. The van der Waals surface area contributed by atoms with Gasteiger partial charge in [-0.3, -0.25) is 9.78 Å². The van der Waals surface area contributed by atoms with Gasteiger partial charge in [0.15, 0.2) is 0 Å². The molecule has 0 radical (unpaired) electrons. The van der Waals surface area contributed by atoms with Crippen LogP contribution in [0.1, 0.15) is 63.6 Å². The lowest BCUT2D eigenvalue weighted by atomic mass is 9.65. The number of aromatic nitrogens is 1. The van der Waals surface area contributed by atoms with Crippen LogP contribution in [0.5, 0.6) is 0 Å². The summed E-state index contributed by atoms with van der Waals surface area (Å²) in [5.74, 6) is -1.61. The summed E-state index contributed by atoms with van der Waals surface area (Å²) in [5, 5.41) is 17.7. The van der Waals surface area contributed by atoms with Crippen LogP contribution in [0.4, 0.5) is 10.1 Å². The van der Waals surface area contributed by atoms with E-state index >= 15 is 0 Å². The van der Waals surface area contributed by atoms with E-state index < -0.39 is 17.7 Å². The molecule has 6 aromatic carbocycles. The van der Waals surface area contributed by atoms with E-state index in [0.717, 1.165) is 35.0 Å². The van der Waals surface area contributed by atoms with E-state index in [0.29, 0.717) is 5.56 Å². The highest BCUT2D eigenvalue weighted by molar-refractivity contribution is 6.09. The first kappa shape index (κ1) is 31.7. The van der Waals surface area contributed by atoms with Crippen molar-refractivity contribution in [2.24, 2.45) is 0 Å². The van der Waals surface area contributed by atoms with E-state index in [1.165, 1.54) is 44.8 Å². The summed E-state index contributed by atoms with van der Waals surface area (Å²) in [5.41, 5.74) is 5.74. The molecule has 1 atom stereocenters. The van der Waals surface area contributed by atoms with Crippen molar-refractivity contribution in [1.29, 1.82) is 0 Å². The zero-order chi connectivity index (χ0) is 34.1. The number of benzene rings is 6. The molecule has 0 saturated carbocycles. The van der Waals surface area contributed by atoms with Gasteiger partial charge in [0.1, 0.15) is 5.82 Å². The molecular weight excluding hydrogens is 611 g/mol. The number of carboxylic acid groups (broad SMARTS) is 1. The summed E-state index contributed by atoms with van der Waals surface area (Å²) in [4.78, 5) is 27.6. The standard InChI is InChI=1S/C33H28FNO.C10H7NO2/c1-33(2)20-23(25-11-6-8-14-30(25)35-32(36)28-12-5-7-13-29(28)34)19-22-16-17-26-24-10-4-3-9-21(24)15-18-27(26)31(22)33;12-10(13)8-3-4-9-7(6-8)2-1-5-11-9/h3-18,23H,19-20H2,1-2H3,(H,35,36);1-6H,(H,12,13). The molecule has 0 bridgehead atoms. The number of nitrogens with one attached hydrogen (secondary N) is 1. The van der Waals surface area contributed by atoms with Crippen molar-refractivity contribution in [2.45, 2.75) is 38.0 Å². The number of hydrogen-bond donors (Lipinski definition) is 2. The van der Waals surface area contributed by atoms with Gasteiger partial charge in [-0.1, -0.05) is 98.8 Å². The molecule has 1 aliphatic carbocycles. The average molecular weight is 647 g/mol. The lowest BCUT2D eigenvalue weighted by Crippen LogP contribution is -2.29. The van der Waals surface area contributed by atoms with Crippen LogP contribution in [0.25, 0.3) is 32.4 Å². The van der Waals surface area contributed by atoms with Gasteiger partial charge in [-0.05, 0) is 105 Å². The number of carbonyl (C=O) groups excluding carboxylic acids is 1. The molecule has 1 aliphatic rings. The van der Waals surface area contributed by atoms with Gasteiger partial charge in [0.2, 0.25) is 0 Å². The van der Waals surface area contributed by atoms with Gasteiger partial charge in [-0.25, -0.2) is 9.18 Å². The maximum absolute atomic E-state index is 14.2. The molecule has 0 saturated heterocycles.